The molecule has 0 fully saturated rings. The molecule has 0 spiro atoms. The Labute approximate surface area is 174 Å². The van der Waals surface area contributed by atoms with Crippen LogP contribution in [0.25, 0.3) is 16.0 Å². The number of thiazole rings is 1. The second-order valence-corrected chi connectivity index (χ2v) is 8.89. The first kappa shape index (κ1) is 18.4. The van der Waals surface area contributed by atoms with E-state index in [4.69, 9.17) is 28.8 Å². The highest BCUT2D eigenvalue weighted by Gasteiger charge is 2.16. The summed E-state index contributed by atoms with van der Waals surface area (Å²) in [6.45, 7) is 0. The van der Waals surface area contributed by atoms with Crippen molar-refractivity contribution in [2.24, 2.45) is 7.05 Å². The zero-order chi connectivity index (χ0) is 19.0. The number of rotatable bonds is 4. The maximum absolute atomic E-state index is 12.9. The van der Waals surface area contributed by atoms with Crippen molar-refractivity contribution >= 4 is 57.3 Å². The quantitative estimate of drug-likeness (QED) is 0.244. The van der Waals surface area contributed by atoms with Crippen molar-refractivity contribution in [1.29, 1.82) is 0 Å². The molecule has 8 heteroatoms. The molecule has 0 aliphatic heterocycles. The minimum Gasteiger partial charge on any atom is -0.289 e. The fourth-order valence-electron chi connectivity index (χ4n) is 2.68. The summed E-state index contributed by atoms with van der Waals surface area (Å²) < 4.78 is 4.57. The highest BCUT2D eigenvalue weighted by Crippen LogP contribution is 2.27. The minimum absolute atomic E-state index is 0.0839. The van der Waals surface area contributed by atoms with E-state index in [0.29, 0.717) is 24.5 Å². The van der Waals surface area contributed by atoms with E-state index in [9.17, 15) is 4.79 Å². The summed E-state index contributed by atoms with van der Waals surface area (Å²) in [5, 5.41) is 1.31. The standard InChI is InChI=1S/C19H14ClN3OS3/c1-22-17(24)15-16(21-18(22)26-11-12-5-3-2-4-6-12)23(19(25)27-15)14-9-7-13(20)8-10-14/h2-10H,11H2,1H3. The van der Waals surface area contributed by atoms with Crippen LogP contribution in [-0.2, 0) is 12.8 Å². The largest absolute Gasteiger partial charge is 0.289 e. The van der Waals surface area contributed by atoms with Gasteiger partial charge in [0.15, 0.2) is 14.8 Å². The highest BCUT2D eigenvalue weighted by molar-refractivity contribution is 7.98. The Morgan fingerprint density at radius 2 is 1.85 bits per heavy atom. The molecular formula is C19H14ClN3OS3. The summed E-state index contributed by atoms with van der Waals surface area (Å²) in [5.74, 6) is 0.735. The normalized spacial score (nSPS) is 11.2. The lowest BCUT2D eigenvalue weighted by molar-refractivity contribution is 0.722. The Morgan fingerprint density at radius 3 is 2.56 bits per heavy atom. The summed E-state index contributed by atoms with van der Waals surface area (Å²) in [6.07, 6.45) is 0. The predicted octanol–water partition coefficient (Wildman–Crippen LogP) is 5.46. The summed E-state index contributed by atoms with van der Waals surface area (Å²) in [5.41, 5.74) is 2.53. The minimum atomic E-state index is -0.0839. The van der Waals surface area contributed by atoms with Crippen LogP contribution in [0.1, 0.15) is 5.56 Å². The van der Waals surface area contributed by atoms with Crippen LogP contribution in [0.5, 0.6) is 0 Å². The van der Waals surface area contributed by atoms with E-state index < -0.39 is 0 Å². The van der Waals surface area contributed by atoms with Crippen molar-refractivity contribution in [3.05, 3.63) is 79.5 Å². The molecule has 0 aliphatic rings. The average Bonchev–Trinajstić information content (AvgIpc) is 3.01. The molecule has 2 aromatic carbocycles. The lowest BCUT2D eigenvalue weighted by Gasteiger charge is -2.09. The van der Waals surface area contributed by atoms with Crippen LogP contribution in [0, 0.1) is 3.95 Å². The molecule has 2 heterocycles. The molecule has 0 atom stereocenters. The lowest BCUT2D eigenvalue weighted by atomic mass is 10.2. The highest BCUT2D eigenvalue weighted by atomic mass is 35.5. The molecule has 4 nitrogen and oxygen atoms in total. The first-order valence-electron chi connectivity index (χ1n) is 8.10. The topological polar surface area (TPSA) is 39.8 Å². The average molecular weight is 432 g/mol. The van der Waals surface area contributed by atoms with Crippen LogP contribution in [0.2, 0.25) is 5.02 Å². The van der Waals surface area contributed by atoms with E-state index in [2.05, 4.69) is 12.1 Å². The van der Waals surface area contributed by atoms with E-state index in [1.54, 1.807) is 23.7 Å². The summed E-state index contributed by atoms with van der Waals surface area (Å²) in [7, 11) is 1.75. The number of hydrogen-bond acceptors (Lipinski definition) is 5. The molecule has 0 saturated heterocycles. The van der Waals surface area contributed by atoms with Gasteiger partial charge in [-0.15, -0.1) is 0 Å². The second kappa shape index (κ2) is 7.59. The predicted molar refractivity (Wildman–Crippen MR) is 116 cm³/mol. The van der Waals surface area contributed by atoms with Gasteiger partial charge in [0, 0.05) is 23.5 Å². The van der Waals surface area contributed by atoms with Crippen LogP contribution in [0.4, 0.5) is 0 Å². The number of halogens is 1. The van der Waals surface area contributed by atoms with E-state index in [-0.39, 0.29) is 5.56 Å². The second-order valence-electron chi connectivity index (χ2n) is 5.87. The number of fused-ring (bicyclic) bond motifs is 1. The molecule has 27 heavy (non-hydrogen) atoms. The SMILES string of the molecule is Cn1c(SCc2ccccc2)nc2c(sc(=S)n2-c2ccc(Cl)cc2)c1=O. The summed E-state index contributed by atoms with van der Waals surface area (Å²) in [6, 6.07) is 17.5. The van der Waals surface area contributed by atoms with E-state index in [1.165, 1.54) is 28.7 Å². The first-order chi connectivity index (χ1) is 13.0. The lowest BCUT2D eigenvalue weighted by Crippen LogP contribution is -2.19. The zero-order valence-corrected chi connectivity index (χ0v) is 17.5. The van der Waals surface area contributed by atoms with Gasteiger partial charge in [-0.1, -0.05) is 65.0 Å². The van der Waals surface area contributed by atoms with Crippen LogP contribution < -0.4 is 5.56 Å². The third-order valence-electron chi connectivity index (χ3n) is 4.07. The number of aromatic nitrogens is 3. The van der Waals surface area contributed by atoms with Crippen molar-refractivity contribution in [1.82, 2.24) is 14.1 Å². The fraction of sp³-hybridized carbons (Fsp3) is 0.105. The number of nitrogens with zero attached hydrogens (tertiary/aromatic N) is 3. The van der Waals surface area contributed by atoms with Gasteiger partial charge in [0.25, 0.3) is 5.56 Å². The van der Waals surface area contributed by atoms with Gasteiger partial charge in [-0.25, -0.2) is 4.98 Å². The van der Waals surface area contributed by atoms with Crippen LogP contribution >= 0.6 is 46.9 Å². The molecule has 136 valence electrons. The summed E-state index contributed by atoms with van der Waals surface area (Å²) >= 11 is 14.3. The molecule has 0 radical (unpaired) electrons. The molecule has 0 aliphatic carbocycles. The van der Waals surface area contributed by atoms with E-state index >= 15 is 0 Å². The van der Waals surface area contributed by atoms with Crippen LogP contribution in [0.3, 0.4) is 0 Å². The molecule has 0 unspecified atom stereocenters. The van der Waals surface area contributed by atoms with Gasteiger partial charge in [0.05, 0.1) is 0 Å². The number of benzene rings is 2. The molecule has 0 amide bonds. The Balaban J connectivity index is 1.83. The van der Waals surface area contributed by atoms with Crippen molar-refractivity contribution in [2.45, 2.75) is 10.9 Å². The Kier molecular flexibility index (Phi) is 5.19. The summed E-state index contributed by atoms with van der Waals surface area (Å²) in [4.78, 5) is 17.6. The monoisotopic (exact) mass is 431 g/mol. The molecule has 2 aromatic heterocycles. The van der Waals surface area contributed by atoms with E-state index in [0.717, 1.165) is 11.4 Å². The van der Waals surface area contributed by atoms with Crippen molar-refractivity contribution in [3.8, 4) is 5.69 Å². The number of thioether (sulfide) groups is 1. The molecule has 0 saturated carbocycles. The molecule has 4 aromatic rings. The Hall–Kier alpha value is -1.93. The van der Waals surface area contributed by atoms with Gasteiger partial charge in [-0.2, -0.15) is 0 Å². The van der Waals surface area contributed by atoms with Gasteiger partial charge in [-0.05, 0) is 42.0 Å². The van der Waals surface area contributed by atoms with Gasteiger partial charge in [-0.3, -0.25) is 13.9 Å². The molecule has 0 N–H and O–H groups in total. The van der Waals surface area contributed by atoms with Gasteiger partial charge >= 0.3 is 0 Å². The fourth-order valence-corrected chi connectivity index (χ4v) is 5.07. The van der Waals surface area contributed by atoms with Crippen molar-refractivity contribution in [2.75, 3.05) is 0 Å². The zero-order valence-electron chi connectivity index (χ0n) is 14.3. The van der Waals surface area contributed by atoms with Crippen molar-refractivity contribution < 1.29 is 0 Å². The molecule has 0 bridgehead atoms. The van der Waals surface area contributed by atoms with Gasteiger partial charge < -0.3 is 0 Å². The smallest absolute Gasteiger partial charge is 0.273 e. The van der Waals surface area contributed by atoms with Crippen LogP contribution in [-0.4, -0.2) is 14.1 Å². The first-order valence-corrected chi connectivity index (χ1v) is 10.7. The van der Waals surface area contributed by atoms with Gasteiger partial charge in [0.2, 0.25) is 0 Å². The van der Waals surface area contributed by atoms with Gasteiger partial charge in [0.1, 0.15) is 4.70 Å². The maximum Gasteiger partial charge on any atom is 0.273 e. The molecular weight excluding hydrogens is 418 g/mol. The van der Waals surface area contributed by atoms with Crippen molar-refractivity contribution in [3.63, 3.8) is 0 Å². The maximum atomic E-state index is 12.9. The Bertz CT molecular complexity index is 1230. The third kappa shape index (κ3) is 3.60. The van der Waals surface area contributed by atoms with Crippen LogP contribution in [0.15, 0.2) is 64.5 Å². The molecule has 4 rings (SSSR count). The Morgan fingerprint density at radius 1 is 1.15 bits per heavy atom. The third-order valence-corrected chi connectivity index (χ3v) is 6.77. The number of hydrogen-bond donors (Lipinski definition) is 0. The van der Waals surface area contributed by atoms with E-state index in [1.807, 2.05) is 34.9 Å².